The highest BCUT2D eigenvalue weighted by Gasteiger charge is 2.29. The van der Waals surface area contributed by atoms with Crippen molar-refractivity contribution in [1.29, 1.82) is 0 Å². The fourth-order valence-corrected chi connectivity index (χ4v) is 4.47. The van der Waals surface area contributed by atoms with Crippen LogP contribution in [-0.2, 0) is 24.2 Å². The van der Waals surface area contributed by atoms with E-state index >= 15 is 0 Å². The molecule has 0 spiro atoms. The quantitative estimate of drug-likeness (QED) is 0.525. The maximum Gasteiger partial charge on any atom is 0.234 e. The molecule has 7 nitrogen and oxygen atoms in total. The highest BCUT2D eigenvalue weighted by atomic mass is 16.5. The molecule has 1 atom stereocenters. The molecule has 1 N–H and O–H groups in total. The second-order valence-electron chi connectivity index (χ2n) is 8.33. The Hall–Kier alpha value is -3.58. The van der Waals surface area contributed by atoms with E-state index in [2.05, 4.69) is 33.4 Å². The first kappa shape index (κ1) is 23.6. The normalized spacial score (nSPS) is 15.3. The summed E-state index contributed by atoms with van der Waals surface area (Å²) in [6, 6.07) is 16.1. The molecule has 2 heterocycles. The molecule has 1 unspecified atom stereocenters. The SMILES string of the molecule is COc1ccc2c(c1)CCN(CC(=O)NCc1cccnc1)C2Cc1ccc(OC)c(OC)c1. The van der Waals surface area contributed by atoms with Crippen LogP contribution in [0.25, 0.3) is 0 Å². The smallest absolute Gasteiger partial charge is 0.234 e. The fraction of sp³-hybridized carbons (Fsp3) is 0.333. The summed E-state index contributed by atoms with van der Waals surface area (Å²) in [7, 11) is 4.96. The van der Waals surface area contributed by atoms with Crippen molar-refractivity contribution in [2.45, 2.75) is 25.4 Å². The van der Waals surface area contributed by atoms with E-state index in [4.69, 9.17) is 14.2 Å². The van der Waals surface area contributed by atoms with Crippen LogP contribution in [0.4, 0.5) is 0 Å². The van der Waals surface area contributed by atoms with Gasteiger partial charge in [0.05, 0.1) is 27.9 Å². The lowest BCUT2D eigenvalue weighted by Gasteiger charge is -2.37. The Morgan fingerprint density at radius 1 is 1.03 bits per heavy atom. The lowest BCUT2D eigenvalue weighted by molar-refractivity contribution is -0.123. The Balaban J connectivity index is 1.55. The maximum absolute atomic E-state index is 12.8. The third-order valence-electron chi connectivity index (χ3n) is 6.25. The van der Waals surface area contributed by atoms with Gasteiger partial charge in [-0.15, -0.1) is 0 Å². The summed E-state index contributed by atoms with van der Waals surface area (Å²) in [5, 5.41) is 3.03. The van der Waals surface area contributed by atoms with Crippen LogP contribution in [0.2, 0.25) is 0 Å². The van der Waals surface area contributed by atoms with Crippen molar-refractivity contribution >= 4 is 5.91 Å². The summed E-state index contributed by atoms with van der Waals surface area (Å²) in [6.45, 7) is 1.58. The predicted octanol–water partition coefficient (Wildman–Crippen LogP) is 3.57. The van der Waals surface area contributed by atoms with Crippen molar-refractivity contribution < 1.29 is 19.0 Å². The monoisotopic (exact) mass is 461 g/mol. The van der Waals surface area contributed by atoms with E-state index in [-0.39, 0.29) is 11.9 Å². The third-order valence-corrected chi connectivity index (χ3v) is 6.25. The molecular weight excluding hydrogens is 430 g/mol. The summed E-state index contributed by atoms with van der Waals surface area (Å²) in [4.78, 5) is 19.2. The molecule has 1 aliphatic heterocycles. The number of nitrogens with zero attached hydrogens (tertiary/aromatic N) is 2. The Bertz CT molecular complexity index is 1120. The van der Waals surface area contributed by atoms with Crippen LogP contribution in [0.1, 0.15) is 28.3 Å². The number of amides is 1. The number of methoxy groups -OCH3 is 3. The summed E-state index contributed by atoms with van der Waals surface area (Å²) in [5.41, 5.74) is 4.58. The average Bonchev–Trinajstić information content (AvgIpc) is 2.88. The van der Waals surface area contributed by atoms with E-state index in [9.17, 15) is 4.79 Å². The van der Waals surface area contributed by atoms with Gasteiger partial charge in [-0.25, -0.2) is 0 Å². The molecule has 0 radical (unpaired) electrons. The number of pyridine rings is 1. The first-order valence-electron chi connectivity index (χ1n) is 11.4. The summed E-state index contributed by atoms with van der Waals surface area (Å²) in [5.74, 6) is 2.25. The third kappa shape index (κ3) is 5.48. The molecular formula is C27H31N3O4. The van der Waals surface area contributed by atoms with Gasteiger partial charge in [0.15, 0.2) is 11.5 Å². The van der Waals surface area contributed by atoms with E-state index in [0.717, 1.165) is 36.3 Å². The van der Waals surface area contributed by atoms with Crippen LogP contribution in [0.3, 0.4) is 0 Å². The molecule has 4 rings (SSSR count). The molecule has 0 aliphatic carbocycles. The highest BCUT2D eigenvalue weighted by Crippen LogP contribution is 2.36. The topological polar surface area (TPSA) is 72.9 Å². The summed E-state index contributed by atoms with van der Waals surface area (Å²) < 4.78 is 16.3. The number of nitrogens with one attached hydrogen (secondary N) is 1. The number of hydrogen-bond donors (Lipinski definition) is 1. The number of ether oxygens (including phenoxy) is 3. The Morgan fingerprint density at radius 2 is 1.88 bits per heavy atom. The molecule has 1 amide bonds. The summed E-state index contributed by atoms with van der Waals surface area (Å²) >= 11 is 0. The molecule has 0 saturated carbocycles. The lowest BCUT2D eigenvalue weighted by Crippen LogP contribution is -2.43. The van der Waals surface area contributed by atoms with E-state index in [0.29, 0.717) is 24.6 Å². The van der Waals surface area contributed by atoms with Crippen LogP contribution in [-0.4, -0.2) is 50.2 Å². The van der Waals surface area contributed by atoms with Crippen molar-refractivity contribution in [3.63, 3.8) is 0 Å². The molecule has 1 aliphatic rings. The molecule has 3 aromatic rings. The second kappa shape index (κ2) is 11.0. The van der Waals surface area contributed by atoms with Crippen LogP contribution in [0.15, 0.2) is 60.9 Å². The van der Waals surface area contributed by atoms with Crippen molar-refractivity contribution in [2.75, 3.05) is 34.4 Å². The first-order chi connectivity index (χ1) is 16.6. The average molecular weight is 462 g/mol. The van der Waals surface area contributed by atoms with Gasteiger partial charge in [-0.05, 0) is 65.4 Å². The highest BCUT2D eigenvalue weighted by molar-refractivity contribution is 5.78. The van der Waals surface area contributed by atoms with Crippen LogP contribution >= 0.6 is 0 Å². The Kier molecular flexibility index (Phi) is 7.65. The molecule has 0 fully saturated rings. The van der Waals surface area contributed by atoms with Crippen molar-refractivity contribution in [2.24, 2.45) is 0 Å². The van der Waals surface area contributed by atoms with Gasteiger partial charge in [-0.2, -0.15) is 0 Å². The number of rotatable bonds is 9. The number of carbonyl (C=O) groups is 1. The zero-order valence-electron chi connectivity index (χ0n) is 19.9. The Morgan fingerprint density at radius 3 is 2.62 bits per heavy atom. The molecule has 2 aromatic carbocycles. The van der Waals surface area contributed by atoms with Crippen LogP contribution in [0.5, 0.6) is 17.2 Å². The minimum Gasteiger partial charge on any atom is -0.497 e. The van der Waals surface area contributed by atoms with Crippen LogP contribution < -0.4 is 19.5 Å². The van der Waals surface area contributed by atoms with Gasteiger partial charge in [0.25, 0.3) is 0 Å². The fourth-order valence-electron chi connectivity index (χ4n) is 4.47. The Labute approximate surface area is 200 Å². The van der Waals surface area contributed by atoms with E-state index in [1.54, 1.807) is 33.7 Å². The molecule has 178 valence electrons. The largest absolute Gasteiger partial charge is 0.497 e. The molecule has 1 aromatic heterocycles. The van der Waals surface area contributed by atoms with Gasteiger partial charge in [0.2, 0.25) is 5.91 Å². The van der Waals surface area contributed by atoms with Crippen LogP contribution in [0, 0.1) is 0 Å². The second-order valence-corrected chi connectivity index (χ2v) is 8.33. The zero-order valence-corrected chi connectivity index (χ0v) is 19.9. The number of fused-ring (bicyclic) bond motifs is 1. The lowest BCUT2D eigenvalue weighted by atomic mass is 9.88. The number of carbonyl (C=O) groups excluding carboxylic acids is 1. The first-order valence-corrected chi connectivity index (χ1v) is 11.4. The van der Waals surface area contributed by atoms with Crippen molar-refractivity contribution in [3.8, 4) is 17.2 Å². The van der Waals surface area contributed by atoms with Gasteiger partial charge in [0.1, 0.15) is 5.75 Å². The minimum absolute atomic E-state index is 0.00173. The van der Waals surface area contributed by atoms with Crippen molar-refractivity contribution in [3.05, 3.63) is 83.2 Å². The van der Waals surface area contributed by atoms with Gasteiger partial charge >= 0.3 is 0 Å². The van der Waals surface area contributed by atoms with Gasteiger partial charge in [-0.3, -0.25) is 14.7 Å². The standard InChI is InChI=1S/C27H31N3O4/c1-32-22-7-8-23-21(15-22)10-12-30(18-27(31)29-17-20-5-4-11-28-16-20)24(23)13-19-6-9-25(33-2)26(14-19)34-3/h4-9,11,14-16,24H,10,12-13,17-18H2,1-3H3,(H,29,31). The number of benzene rings is 2. The molecule has 0 bridgehead atoms. The summed E-state index contributed by atoms with van der Waals surface area (Å²) in [6.07, 6.45) is 5.11. The van der Waals surface area contributed by atoms with E-state index in [1.807, 2.05) is 30.3 Å². The van der Waals surface area contributed by atoms with Gasteiger partial charge in [-0.1, -0.05) is 18.2 Å². The zero-order chi connectivity index (χ0) is 23.9. The van der Waals surface area contributed by atoms with E-state index < -0.39 is 0 Å². The molecule has 0 saturated heterocycles. The van der Waals surface area contributed by atoms with Gasteiger partial charge in [0, 0.05) is 31.5 Å². The molecule has 7 heteroatoms. The predicted molar refractivity (Wildman–Crippen MR) is 130 cm³/mol. The number of hydrogen-bond acceptors (Lipinski definition) is 6. The maximum atomic E-state index is 12.8. The molecule has 34 heavy (non-hydrogen) atoms. The minimum atomic E-state index is -0.00173. The van der Waals surface area contributed by atoms with Gasteiger partial charge < -0.3 is 19.5 Å². The number of aromatic nitrogens is 1. The van der Waals surface area contributed by atoms with E-state index in [1.165, 1.54) is 11.1 Å². The van der Waals surface area contributed by atoms with Crippen molar-refractivity contribution in [1.82, 2.24) is 15.2 Å².